The Morgan fingerprint density at radius 2 is 1.33 bits per heavy atom. The van der Waals surface area contributed by atoms with Gasteiger partial charge in [0.05, 0.1) is 11.4 Å². The van der Waals surface area contributed by atoms with E-state index < -0.39 is 6.03 Å². The number of nitrogens with zero attached hydrogens (tertiary/aromatic N) is 3. The number of imide groups is 1. The molecular weight excluding hydrogens is 266 g/mol. The predicted molar refractivity (Wildman–Crippen MR) is 83.0 cm³/mol. The monoisotopic (exact) mass is 283 g/mol. The highest BCUT2D eigenvalue weighted by Gasteiger charge is 2.25. The van der Waals surface area contributed by atoms with Crippen molar-refractivity contribution in [1.82, 2.24) is 5.01 Å². The molecule has 0 aliphatic carbocycles. The molecule has 0 radical (unpaired) electrons. The summed E-state index contributed by atoms with van der Waals surface area (Å²) in [6.45, 7) is 0. The number of rotatable bonds is 4. The number of amides is 3. The van der Waals surface area contributed by atoms with Crippen LogP contribution < -0.4 is 9.91 Å². The Bertz CT molecular complexity index is 599. The number of carbonyl (C=O) groups excluding carboxylic acids is 2. The van der Waals surface area contributed by atoms with Gasteiger partial charge in [-0.15, -0.1) is 0 Å². The van der Waals surface area contributed by atoms with E-state index in [1.54, 1.807) is 43.4 Å². The van der Waals surface area contributed by atoms with Crippen molar-refractivity contribution in [2.24, 2.45) is 0 Å². The lowest BCUT2D eigenvalue weighted by atomic mass is 10.3. The molecule has 0 aromatic heterocycles. The molecule has 0 saturated heterocycles. The van der Waals surface area contributed by atoms with Crippen molar-refractivity contribution in [2.75, 3.05) is 24.0 Å². The summed E-state index contributed by atoms with van der Waals surface area (Å²) in [6, 6.07) is 17.6. The van der Waals surface area contributed by atoms with Gasteiger partial charge in [0.25, 0.3) is 0 Å². The Balaban J connectivity index is 2.36. The van der Waals surface area contributed by atoms with E-state index in [0.29, 0.717) is 17.8 Å². The van der Waals surface area contributed by atoms with E-state index in [1.807, 2.05) is 36.4 Å². The van der Waals surface area contributed by atoms with E-state index in [2.05, 4.69) is 0 Å². The van der Waals surface area contributed by atoms with Crippen molar-refractivity contribution in [3.05, 3.63) is 60.7 Å². The number of anilines is 2. The third kappa shape index (κ3) is 3.27. The Morgan fingerprint density at radius 3 is 1.76 bits per heavy atom. The van der Waals surface area contributed by atoms with Gasteiger partial charge in [-0.05, 0) is 24.3 Å². The summed E-state index contributed by atoms with van der Waals surface area (Å²) in [5.41, 5.74) is 1.22. The zero-order chi connectivity index (χ0) is 15.2. The Kier molecular flexibility index (Phi) is 4.68. The smallest absolute Gasteiger partial charge is 0.278 e. The molecule has 0 heterocycles. The maximum Gasteiger partial charge on any atom is 0.350 e. The topological polar surface area (TPSA) is 43.9 Å². The second kappa shape index (κ2) is 6.67. The van der Waals surface area contributed by atoms with Gasteiger partial charge in [-0.1, -0.05) is 36.4 Å². The molecule has 2 aromatic carbocycles. The van der Waals surface area contributed by atoms with Gasteiger partial charge in [0.1, 0.15) is 0 Å². The summed E-state index contributed by atoms with van der Waals surface area (Å²) in [5.74, 6) is 0. The molecule has 0 atom stereocenters. The van der Waals surface area contributed by atoms with Crippen LogP contribution in [0.5, 0.6) is 0 Å². The number of hydrogen-bond acceptors (Lipinski definition) is 3. The van der Waals surface area contributed by atoms with Gasteiger partial charge in [0.15, 0.2) is 0 Å². The summed E-state index contributed by atoms with van der Waals surface area (Å²) < 4.78 is 0. The van der Waals surface area contributed by atoms with Crippen molar-refractivity contribution in [2.45, 2.75) is 0 Å². The summed E-state index contributed by atoms with van der Waals surface area (Å²) in [6.07, 6.45) is 0.525. The highest BCUT2D eigenvalue weighted by molar-refractivity contribution is 6.12. The van der Waals surface area contributed by atoms with Crippen molar-refractivity contribution in [1.29, 1.82) is 0 Å². The minimum Gasteiger partial charge on any atom is -0.278 e. The van der Waals surface area contributed by atoms with Gasteiger partial charge in [0, 0.05) is 14.1 Å². The highest BCUT2D eigenvalue weighted by atomic mass is 16.2. The first kappa shape index (κ1) is 14.7. The molecule has 5 nitrogen and oxygen atoms in total. The number of carbonyl (C=O) groups is 2. The van der Waals surface area contributed by atoms with Crippen molar-refractivity contribution >= 4 is 23.8 Å². The van der Waals surface area contributed by atoms with Gasteiger partial charge >= 0.3 is 6.03 Å². The second-order valence-corrected chi connectivity index (χ2v) is 4.59. The van der Waals surface area contributed by atoms with Crippen molar-refractivity contribution in [3.8, 4) is 0 Å². The van der Waals surface area contributed by atoms with Gasteiger partial charge in [-0.2, -0.15) is 0 Å². The van der Waals surface area contributed by atoms with Gasteiger partial charge in [-0.25, -0.2) is 19.7 Å². The van der Waals surface area contributed by atoms with Crippen LogP contribution in [0.2, 0.25) is 0 Å². The number of urea groups is 1. The first-order valence-electron chi connectivity index (χ1n) is 6.51. The lowest BCUT2D eigenvalue weighted by molar-refractivity contribution is -0.106. The Hall–Kier alpha value is -2.66. The van der Waals surface area contributed by atoms with Crippen LogP contribution in [0.4, 0.5) is 16.2 Å². The summed E-state index contributed by atoms with van der Waals surface area (Å²) in [4.78, 5) is 25.1. The molecule has 0 fully saturated rings. The fraction of sp³-hybridized carbons (Fsp3) is 0.125. The molecule has 0 spiro atoms. The summed E-state index contributed by atoms with van der Waals surface area (Å²) in [7, 11) is 3.50. The van der Waals surface area contributed by atoms with Crippen LogP contribution in [-0.2, 0) is 4.79 Å². The minimum atomic E-state index is -0.438. The molecule has 0 aliphatic heterocycles. The molecule has 5 heteroatoms. The largest absolute Gasteiger partial charge is 0.350 e. The minimum absolute atomic E-state index is 0.438. The van der Waals surface area contributed by atoms with Crippen LogP contribution in [0.25, 0.3) is 0 Å². The molecule has 3 amide bonds. The maximum atomic E-state index is 12.7. The molecule has 21 heavy (non-hydrogen) atoms. The number of hydrogen-bond donors (Lipinski definition) is 0. The van der Waals surface area contributed by atoms with Crippen LogP contribution in [0.3, 0.4) is 0 Å². The maximum absolute atomic E-state index is 12.7. The number of para-hydroxylation sites is 2. The van der Waals surface area contributed by atoms with E-state index in [9.17, 15) is 9.59 Å². The molecule has 2 aromatic rings. The number of hydrazine groups is 1. The predicted octanol–water partition coefficient (Wildman–Crippen LogP) is 2.75. The van der Waals surface area contributed by atoms with Crippen LogP contribution >= 0.6 is 0 Å². The average molecular weight is 283 g/mol. The molecular formula is C16H17N3O2. The Labute approximate surface area is 124 Å². The summed E-state index contributed by atoms with van der Waals surface area (Å²) >= 11 is 0. The highest BCUT2D eigenvalue weighted by Crippen LogP contribution is 2.19. The third-order valence-electron chi connectivity index (χ3n) is 2.93. The van der Waals surface area contributed by atoms with E-state index in [-0.39, 0.29) is 0 Å². The van der Waals surface area contributed by atoms with Crippen LogP contribution in [0.1, 0.15) is 0 Å². The van der Waals surface area contributed by atoms with Crippen LogP contribution in [0.15, 0.2) is 60.7 Å². The molecule has 108 valence electrons. The fourth-order valence-electron chi connectivity index (χ4n) is 1.99. The average Bonchev–Trinajstić information content (AvgIpc) is 2.50. The first-order chi connectivity index (χ1) is 10.1. The molecule has 0 bridgehead atoms. The molecule has 2 rings (SSSR count). The van der Waals surface area contributed by atoms with Crippen molar-refractivity contribution < 1.29 is 9.59 Å². The SMILES string of the molecule is CN(C)N(C(=O)N(C=O)c1ccccc1)c1ccccc1. The number of benzene rings is 2. The lowest BCUT2D eigenvalue weighted by Crippen LogP contribution is -2.49. The zero-order valence-electron chi connectivity index (χ0n) is 12.0. The summed E-state index contributed by atoms with van der Waals surface area (Å²) in [5, 5.41) is 3.07. The first-order valence-corrected chi connectivity index (χ1v) is 6.51. The molecule has 0 unspecified atom stereocenters. The van der Waals surface area contributed by atoms with Crippen LogP contribution in [0, 0.1) is 0 Å². The molecule has 0 N–H and O–H groups in total. The quantitative estimate of drug-likeness (QED) is 0.640. The van der Waals surface area contributed by atoms with Gasteiger partial charge in [0.2, 0.25) is 6.41 Å². The Morgan fingerprint density at radius 1 is 0.857 bits per heavy atom. The standard InChI is InChI=1S/C16H17N3O2/c1-17(2)19(15-11-7-4-8-12-15)16(21)18(13-20)14-9-5-3-6-10-14/h3-13H,1-2H3. The van der Waals surface area contributed by atoms with E-state index in [0.717, 1.165) is 4.90 Å². The van der Waals surface area contributed by atoms with Crippen molar-refractivity contribution in [3.63, 3.8) is 0 Å². The molecule has 0 saturated carbocycles. The zero-order valence-corrected chi connectivity index (χ0v) is 12.0. The van der Waals surface area contributed by atoms with E-state index >= 15 is 0 Å². The normalized spacial score (nSPS) is 10.2. The lowest BCUT2D eigenvalue weighted by Gasteiger charge is -2.31. The van der Waals surface area contributed by atoms with Gasteiger partial charge in [-0.3, -0.25) is 4.79 Å². The fourth-order valence-corrected chi connectivity index (χ4v) is 1.99. The van der Waals surface area contributed by atoms with Crippen LogP contribution in [-0.4, -0.2) is 31.5 Å². The van der Waals surface area contributed by atoms with E-state index in [4.69, 9.17) is 0 Å². The second-order valence-electron chi connectivity index (χ2n) is 4.59. The third-order valence-corrected chi connectivity index (χ3v) is 2.93. The van der Waals surface area contributed by atoms with E-state index in [1.165, 1.54) is 5.01 Å². The van der Waals surface area contributed by atoms with Gasteiger partial charge < -0.3 is 0 Å². The molecule has 0 aliphatic rings.